The number of amidine groups is 1. The van der Waals surface area contributed by atoms with Crippen LogP contribution in [0.2, 0.25) is 15.1 Å². The first-order chi connectivity index (χ1) is 8.97. The Labute approximate surface area is 125 Å². The first-order valence-corrected chi connectivity index (χ1v) is 6.37. The molecule has 0 saturated heterocycles. The second kappa shape index (κ2) is 5.70. The van der Waals surface area contributed by atoms with Crippen LogP contribution in [0.15, 0.2) is 36.4 Å². The second-order valence-electron chi connectivity index (χ2n) is 3.74. The Bertz CT molecular complexity index is 644. The molecule has 2 rings (SSSR count). The van der Waals surface area contributed by atoms with Gasteiger partial charge in [-0.05, 0) is 30.3 Å². The van der Waals surface area contributed by atoms with Gasteiger partial charge < -0.3 is 10.5 Å². The van der Waals surface area contributed by atoms with Gasteiger partial charge in [0.25, 0.3) is 0 Å². The number of ether oxygens (including phenoxy) is 1. The molecule has 0 aliphatic carbocycles. The van der Waals surface area contributed by atoms with E-state index in [9.17, 15) is 0 Å². The molecule has 0 unspecified atom stereocenters. The summed E-state index contributed by atoms with van der Waals surface area (Å²) >= 11 is 17.8. The molecule has 0 radical (unpaired) electrons. The molecule has 0 aromatic heterocycles. The van der Waals surface area contributed by atoms with Crippen molar-refractivity contribution in [3.8, 4) is 11.5 Å². The summed E-state index contributed by atoms with van der Waals surface area (Å²) in [7, 11) is 0. The van der Waals surface area contributed by atoms with Gasteiger partial charge in [-0.2, -0.15) is 0 Å². The molecule has 6 heteroatoms. The Morgan fingerprint density at radius 1 is 0.947 bits per heavy atom. The highest BCUT2D eigenvalue weighted by Gasteiger charge is 2.07. The lowest BCUT2D eigenvalue weighted by Gasteiger charge is -2.09. The quantitative estimate of drug-likeness (QED) is 0.636. The van der Waals surface area contributed by atoms with Crippen LogP contribution in [0.1, 0.15) is 5.56 Å². The molecule has 0 bridgehead atoms. The summed E-state index contributed by atoms with van der Waals surface area (Å²) in [6.45, 7) is 0. The number of benzene rings is 2. The Morgan fingerprint density at radius 3 is 2.26 bits per heavy atom. The highest BCUT2D eigenvalue weighted by Crippen LogP contribution is 2.33. The molecule has 2 aromatic carbocycles. The molecule has 0 fully saturated rings. The van der Waals surface area contributed by atoms with Gasteiger partial charge in [-0.1, -0.05) is 34.8 Å². The van der Waals surface area contributed by atoms with Crippen LogP contribution in [0.4, 0.5) is 0 Å². The number of rotatable bonds is 3. The van der Waals surface area contributed by atoms with Crippen LogP contribution in [0.3, 0.4) is 0 Å². The maximum Gasteiger partial charge on any atom is 0.146 e. The standard InChI is InChI=1S/C13H9Cl3N2O/c14-9-3-2-8(6-10(9)15)19-12-4-1-7(13(17)18)5-11(12)16/h1-6H,(H3,17,18). The van der Waals surface area contributed by atoms with E-state index in [1.165, 1.54) is 0 Å². The van der Waals surface area contributed by atoms with Gasteiger partial charge in [0.05, 0.1) is 15.1 Å². The maximum absolute atomic E-state index is 7.32. The monoisotopic (exact) mass is 314 g/mol. The predicted octanol–water partition coefficient (Wildman–Crippen LogP) is 4.72. The van der Waals surface area contributed by atoms with E-state index in [4.69, 9.17) is 50.7 Å². The first-order valence-electron chi connectivity index (χ1n) is 5.24. The number of nitrogen functional groups attached to an aromatic ring is 1. The molecular formula is C13H9Cl3N2O. The molecule has 0 spiro atoms. The van der Waals surface area contributed by atoms with E-state index in [1.807, 2.05) is 0 Å². The van der Waals surface area contributed by atoms with E-state index in [-0.39, 0.29) is 5.84 Å². The lowest BCUT2D eigenvalue weighted by atomic mass is 10.2. The number of nitrogens with one attached hydrogen (secondary N) is 1. The minimum Gasteiger partial charge on any atom is -0.456 e. The zero-order chi connectivity index (χ0) is 14.0. The summed E-state index contributed by atoms with van der Waals surface area (Å²) in [4.78, 5) is 0. The fourth-order valence-corrected chi connectivity index (χ4v) is 1.93. The van der Waals surface area contributed by atoms with E-state index < -0.39 is 0 Å². The van der Waals surface area contributed by atoms with Crippen LogP contribution in [-0.2, 0) is 0 Å². The molecule has 0 atom stereocenters. The molecule has 3 N–H and O–H groups in total. The van der Waals surface area contributed by atoms with Crippen LogP contribution in [0.25, 0.3) is 0 Å². The summed E-state index contributed by atoms with van der Waals surface area (Å²) in [5, 5.41) is 8.53. The normalized spacial score (nSPS) is 10.3. The zero-order valence-electron chi connectivity index (χ0n) is 9.58. The van der Waals surface area contributed by atoms with Gasteiger partial charge in [-0.3, -0.25) is 5.41 Å². The SMILES string of the molecule is N=C(N)c1ccc(Oc2ccc(Cl)c(Cl)c2)c(Cl)c1. The molecule has 0 aliphatic heterocycles. The molecule has 2 aromatic rings. The molecule has 0 heterocycles. The fourth-order valence-electron chi connectivity index (χ4n) is 1.42. The zero-order valence-corrected chi connectivity index (χ0v) is 11.9. The van der Waals surface area contributed by atoms with Gasteiger partial charge in [0, 0.05) is 11.6 Å². The fraction of sp³-hybridized carbons (Fsp3) is 0. The Kier molecular flexibility index (Phi) is 4.20. The van der Waals surface area contributed by atoms with E-state index in [0.29, 0.717) is 32.1 Å². The van der Waals surface area contributed by atoms with Crippen LogP contribution in [-0.4, -0.2) is 5.84 Å². The summed E-state index contributed by atoms with van der Waals surface area (Å²) < 4.78 is 5.59. The highest BCUT2D eigenvalue weighted by molar-refractivity contribution is 6.42. The molecule has 0 aliphatic rings. The van der Waals surface area contributed by atoms with Crippen molar-refractivity contribution in [3.05, 3.63) is 57.0 Å². The predicted molar refractivity (Wildman–Crippen MR) is 79.0 cm³/mol. The minimum absolute atomic E-state index is 0.0528. The largest absolute Gasteiger partial charge is 0.456 e. The molecule has 98 valence electrons. The van der Waals surface area contributed by atoms with Gasteiger partial charge in [-0.25, -0.2) is 0 Å². The number of halogens is 3. The van der Waals surface area contributed by atoms with Crippen LogP contribution in [0, 0.1) is 5.41 Å². The summed E-state index contributed by atoms with van der Waals surface area (Å²) in [5.74, 6) is 0.917. The van der Waals surface area contributed by atoms with Gasteiger partial charge in [0.15, 0.2) is 0 Å². The van der Waals surface area contributed by atoms with E-state index in [1.54, 1.807) is 36.4 Å². The van der Waals surface area contributed by atoms with Crippen molar-refractivity contribution < 1.29 is 4.74 Å². The van der Waals surface area contributed by atoms with Crippen LogP contribution >= 0.6 is 34.8 Å². The average molecular weight is 316 g/mol. The summed E-state index contributed by atoms with van der Waals surface area (Å²) in [6.07, 6.45) is 0. The Balaban J connectivity index is 2.28. The lowest BCUT2D eigenvalue weighted by Crippen LogP contribution is -2.10. The molecule has 3 nitrogen and oxygen atoms in total. The number of hydrogen-bond acceptors (Lipinski definition) is 2. The number of hydrogen-bond donors (Lipinski definition) is 2. The summed E-state index contributed by atoms with van der Waals surface area (Å²) in [5.41, 5.74) is 5.91. The van der Waals surface area contributed by atoms with Crippen molar-refractivity contribution in [2.24, 2.45) is 5.73 Å². The molecule has 19 heavy (non-hydrogen) atoms. The maximum atomic E-state index is 7.32. The topological polar surface area (TPSA) is 59.1 Å². The minimum atomic E-state index is -0.0528. The lowest BCUT2D eigenvalue weighted by molar-refractivity contribution is 0.483. The third-order valence-electron chi connectivity index (χ3n) is 2.36. The van der Waals surface area contributed by atoms with Crippen LogP contribution < -0.4 is 10.5 Å². The van der Waals surface area contributed by atoms with E-state index >= 15 is 0 Å². The van der Waals surface area contributed by atoms with Crippen molar-refractivity contribution in [2.75, 3.05) is 0 Å². The summed E-state index contributed by atoms with van der Waals surface area (Å²) in [6, 6.07) is 9.78. The van der Waals surface area contributed by atoms with Gasteiger partial charge in [0.2, 0.25) is 0 Å². The van der Waals surface area contributed by atoms with Crippen LogP contribution in [0.5, 0.6) is 11.5 Å². The molecule has 0 saturated carbocycles. The Hall–Kier alpha value is -1.42. The van der Waals surface area contributed by atoms with Gasteiger partial charge >= 0.3 is 0 Å². The van der Waals surface area contributed by atoms with Crippen molar-refractivity contribution in [3.63, 3.8) is 0 Å². The van der Waals surface area contributed by atoms with E-state index in [0.717, 1.165) is 0 Å². The van der Waals surface area contributed by atoms with Gasteiger partial charge in [0.1, 0.15) is 17.3 Å². The second-order valence-corrected chi connectivity index (χ2v) is 4.96. The van der Waals surface area contributed by atoms with Crippen molar-refractivity contribution in [1.82, 2.24) is 0 Å². The van der Waals surface area contributed by atoms with Crippen molar-refractivity contribution in [1.29, 1.82) is 5.41 Å². The third kappa shape index (κ3) is 3.32. The van der Waals surface area contributed by atoms with Crippen molar-refractivity contribution in [2.45, 2.75) is 0 Å². The molecule has 0 amide bonds. The first kappa shape index (κ1) is 14.0. The number of nitrogens with two attached hydrogens (primary N) is 1. The smallest absolute Gasteiger partial charge is 0.146 e. The third-order valence-corrected chi connectivity index (χ3v) is 3.40. The van der Waals surface area contributed by atoms with Crippen molar-refractivity contribution >= 4 is 40.6 Å². The van der Waals surface area contributed by atoms with E-state index in [2.05, 4.69) is 0 Å². The highest BCUT2D eigenvalue weighted by atomic mass is 35.5. The molecular weight excluding hydrogens is 307 g/mol. The van der Waals surface area contributed by atoms with Gasteiger partial charge in [-0.15, -0.1) is 0 Å². The average Bonchev–Trinajstić information content (AvgIpc) is 2.36. The Morgan fingerprint density at radius 2 is 1.68 bits per heavy atom.